The van der Waals surface area contributed by atoms with Crippen molar-refractivity contribution < 1.29 is 19.1 Å². The first kappa shape index (κ1) is 20.3. The molecule has 0 bridgehead atoms. The summed E-state index contributed by atoms with van der Waals surface area (Å²) < 4.78 is 10.5. The number of benzene rings is 1. The summed E-state index contributed by atoms with van der Waals surface area (Å²) in [6.45, 7) is 6.67. The van der Waals surface area contributed by atoms with Gasteiger partial charge in [0.25, 0.3) is 0 Å². The monoisotopic (exact) mass is 383 g/mol. The molecule has 26 heavy (non-hydrogen) atoms. The van der Waals surface area contributed by atoms with Crippen molar-refractivity contribution in [2.45, 2.75) is 13.8 Å². The Balaban J connectivity index is 1.93. The predicted octanol–water partition coefficient (Wildman–Crippen LogP) is 2.10. The highest BCUT2D eigenvalue weighted by Gasteiger charge is 2.24. The van der Waals surface area contributed by atoms with Crippen molar-refractivity contribution in [2.24, 2.45) is 5.92 Å². The van der Waals surface area contributed by atoms with E-state index < -0.39 is 0 Å². The van der Waals surface area contributed by atoms with Crippen LogP contribution in [-0.4, -0.2) is 68.6 Å². The molecular formula is C18H26ClN3O4. The molecule has 0 spiro atoms. The summed E-state index contributed by atoms with van der Waals surface area (Å²) in [6, 6.07) is 3.24. The molecule has 1 saturated heterocycles. The summed E-state index contributed by atoms with van der Waals surface area (Å²) in [5, 5.41) is 3.25. The van der Waals surface area contributed by atoms with Crippen molar-refractivity contribution in [1.82, 2.24) is 9.80 Å². The molecule has 2 amide bonds. The zero-order chi connectivity index (χ0) is 19.3. The molecule has 7 nitrogen and oxygen atoms in total. The second kappa shape index (κ2) is 9.09. The van der Waals surface area contributed by atoms with Gasteiger partial charge in [0.1, 0.15) is 11.5 Å². The molecule has 0 aromatic heterocycles. The molecule has 8 heteroatoms. The third kappa shape index (κ3) is 5.02. The Morgan fingerprint density at radius 3 is 2.27 bits per heavy atom. The number of nitrogens with zero attached hydrogens (tertiary/aromatic N) is 2. The van der Waals surface area contributed by atoms with E-state index in [1.54, 1.807) is 12.1 Å². The van der Waals surface area contributed by atoms with Crippen LogP contribution in [0.5, 0.6) is 11.5 Å². The van der Waals surface area contributed by atoms with Gasteiger partial charge in [-0.3, -0.25) is 14.5 Å². The Hall–Kier alpha value is -1.99. The smallest absolute Gasteiger partial charge is 0.238 e. The van der Waals surface area contributed by atoms with E-state index in [1.165, 1.54) is 14.2 Å². The lowest BCUT2D eigenvalue weighted by Crippen LogP contribution is -2.51. The van der Waals surface area contributed by atoms with E-state index in [1.807, 2.05) is 23.6 Å². The zero-order valence-electron chi connectivity index (χ0n) is 15.7. The van der Waals surface area contributed by atoms with Gasteiger partial charge in [-0.05, 0) is 0 Å². The Morgan fingerprint density at radius 1 is 1.12 bits per heavy atom. The highest BCUT2D eigenvalue weighted by molar-refractivity contribution is 6.32. The number of hydrogen-bond donors (Lipinski definition) is 1. The summed E-state index contributed by atoms with van der Waals surface area (Å²) >= 11 is 6.08. The van der Waals surface area contributed by atoms with Gasteiger partial charge in [-0.2, -0.15) is 0 Å². The van der Waals surface area contributed by atoms with Crippen LogP contribution in [0.1, 0.15) is 13.8 Å². The molecule has 1 aromatic rings. The molecule has 0 unspecified atom stereocenters. The standard InChI is InChI=1S/C18H26ClN3O4/c1-12(2)18(24)22-7-5-21(6-8-22)11-17(23)20-14-10-15(25-3)13(19)9-16(14)26-4/h9-10,12H,5-8,11H2,1-4H3,(H,20,23). The van der Waals surface area contributed by atoms with Crippen LogP contribution in [0.25, 0.3) is 0 Å². The van der Waals surface area contributed by atoms with E-state index in [0.29, 0.717) is 48.4 Å². The predicted molar refractivity (Wildman–Crippen MR) is 101 cm³/mol. The van der Waals surface area contributed by atoms with E-state index in [4.69, 9.17) is 21.1 Å². The maximum absolute atomic E-state index is 12.4. The van der Waals surface area contributed by atoms with Gasteiger partial charge in [0.05, 0.1) is 31.5 Å². The number of ether oxygens (including phenoxy) is 2. The molecule has 2 rings (SSSR count). The number of piperazine rings is 1. The Kier molecular flexibility index (Phi) is 7.11. The molecule has 1 aliphatic heterocycles. The van der Waals surface area contributed by atoms with Gasteiger partial charge in [-0.1, -0.05) is 25.4 Å². The first-order valence-corrected chi connectivity index (χ1v) is 8.96. The first-order chi connectivity index (χ1) is 12.3. The van der Waals surface area contributed by atoms with Gasteiger partial charge in [0.15, 0.2) is 0 Å². The van der Waals surface area contributed by atoms with Crippen LogP contribution >= 0.6 is 11.6 Å². The Bertz CT molecular complexity index is 658. The molecular weight excluding hydrogens is 358 g/mol. The van der Waals surface area contributed by atoms with Gasteiger partial charge in [-0.25, -0.2) is 0 Å². The van der Waals surface area contributed by atoms with Crippen LogP contribution in [0.2, 0.25) is 5.02 Å². The molecule has 1 aromatic carbocycles. The molecule has 0 aliphatic carbocycles. The van der Waals surface area contributed by atoms with Gasteiger partial charge in [-0.15, -0.1) is 0 Å². The molecule has 0 radical (unpaired) electrons. The SMILES string of the molecule is COc1cc(NC(=O)CN2CCN(C(=O)C(C)C)CC2)c(OC)cc1Cl. The minimum atomic E-state index is -0.156. The van der Waals surface area contributed by atoms with Crippen molar-refractivity contribution in [2.75, 3.05) is 52.3 Å². The molecule has 0 atom stereocenters. The molecule has 1 aliphatic rings. The van der Waals surface area contributed by atoms with Crippen LogP contribution < -0.4 is 14.8 Å². The maximum Gasteiger partial charge on any atom is 0.238 e. The lowest BCUT2D eigenvalue weighted by Gasteiger charge is -2.35. The van der Waals surface area contributed by atoms with Crippen molar-refractivity contribution in [3.63, 3.8) is 0 Å². The lowest BCUT2D eigenvalue weighted by molar-refractivity contribution is -0.136. The quantitative estimate of drug-likeness (QED) is 0.814. The third-order valence-electron chi connectivity index (χ3n) is 4.29. The normalized spacial score (nSPS) is 15.1. The van der Waals surface area contributed by atoms with Gasteiger partial charge >= 0.3 is 0 Å². The topological polar surface area (TPSA) is 71.1 Å². The number of anilines is 1. The van der Waals surface area contributed by atoms with E-state index in [9.17, 15) is 9.59 Å². The number of carbonyl (C=O) groups is 2. The highest BCUT2D eigenvalue weighted by Crippen LogP contribution is 2.35. The van der Waals surface area contributed by atoms with Crippen molar-refractivity contribution in [3.05, 3.63) is 17.2 Å². The third-order valence-corrected chi connectivity index (χ3v) is 4.59. The fraction of sp³-hybridized carbons (Fsp3) is 0.556. The van der Waals surface area contributed by atoms with Crippen molar-refractivity contribution in [1.29, 1.82) is 0 Å². The highest BCUT2D eigenvalue weighted by atomic mass is 35.5. The minimum absolute atomic E-state index is 0.00259. The van der Waals surface area contributed by atoms with E-state index >= 15 is 0 Å². The molecule has 1 fully saturated rings. The van der Waals surface area contributed by atoms with Crippen molar-refractivity contribution >= 4 is 29.1 Å². The van der Waals surface area contributed by atoms with Crippen LogP contribution in [0.15, 0.2) is 12.1 Å². The second-order valence-electron chi connectivity index (χ2n) is 6.49. The van der Waals surface area contributed by atoms with Crippen LogP contribution in [0.3, 0.4) is 0 Å². The fourth-order valence-corrected chi connectivity index (χ4v) is 3.07. The zero-order valence-corrected chi connectivity index (χ0v) is 16.4. The van der Waals surface area contributed by atoms with Crippen LogP contribution in [0, 0.1) is 5.92 Å². The van der Waals surface area contributed by atoms with E-state index in [0.717, 1.165) is 0 Å². The average molecular weight is 384 g/mol. The Labute approximate surface area is 159 Å². The number of carbonyl (C=O) groups excluding carboxylic acids is 2. The average Bonchev–Trinajstić information content (AvgIpc) is 2.62. The summed E-state index contributed by atoms with van der Waals surface area (Å²) in [6.07, 6.45) is 0. The molecule has 1 N–H and O–H groups in total. The first-order valence-electron chi connectivity index (χ1n) is 8.58. The van der Waals surface area contributed by atoms with E-state index in [2.05, 4.69) is 5.32 Å². The Morgan fingerprint density at radius 2 is 1.73 bits per heavy atom. The van der Waals surface area contributed by atoms with Gasteiger partial charge in [0.2, 0.25) is 11.8 Å². The number of methoxy groups -OCH3 is 2. The molecule has 144 valence electrons. The summed E-state index contributed by atoms with van der Waals surface area (Å²) in [7, 11) is 3.02. The molecule has 1 heterocycles. The summed E-state index contributed by atoms with van der Waals surface area (Å²) in [4.78, 5) is 28.3. The second-order valence-corrected chi connectivity index (χ2v) is 6.90. The number of halogens is 1. The lowest BCUT2D eigenvalue weighted by atomic mass is 10.1. The largest absolute Gasteiger partial charge is 0.495 e. The maximum atomic E-state index is 12.4. The van der Waals surface area contributed by atoms with Gasteiger partial charge < -0.3 is 19.7 Å². The van der Waals surface area contributed by atoms with Crippen LogP contribution in [0.4, 0.5) is 5.69 Å². The number of hydrogen-bond acceptors (Lipinski definition) is 5. The summed E-state index contributed by atoms with van der Waals surface area (Å²) in [5.41, 5.74) is 0.507. The van der Waals surface area contributed by atoms with Crippen LogP contribution in [-0.2, 0) is 9.59 Å². The number of rotatable bonds is 6. The van der Waals surface area contributed by atoms with Crippen molar-refractivity contribution in [3.8, 4) is 11.5 Å². The molecule has 0 saturated carbocycles. The minimum Gasteiger partial charge on any atom is -0.495 e. The number of amides is 2. The van der Waals surface area contributed by atoms with E-state index in [-0.39, 0.29) is 24.3 Å². The number of nitrogens with one attached hydrogen (secondary N) is 1. The van der Waals surface area contributed by atoms with Gasteiger partial charge in [0, 0.05) is 44.2 Å². The fourth-order valence-electron chi connectivity index (χ4n) is 2.84. The summed E-state index contributed by atoms with van der Waals surface area (Å²) in [5.74, 6) is 0.931.